The van der Waals surface area contributed by atoms with Crippen LogP contribution in [0.3, 0.4) is 0 Å². The van der Waals surface area contributed by atoms with Crippen LogP contribution in [0.2, 0.25) is 36.3 Å². The van der Waals surface area contributed by atoms with Gasteiger partial charge in [-0.3, -0.25) is 0 Å². The number of ether oxygens (including phenoxy) is 1. The Morgan fingerprint density at radius 3 is 2.25 bits per heavy atom. The topological polar surface area (TPSA) is 65.0 Å². The van der Waals surface area contributed by atoms with Crippen molar-refractivity contribution in [1.29, 1.82) is 0 Å². The van der Waals surface area contributed by atoms with Gasteiger partial charge in [-0.05, 0) is 111 Å². The fourth-order valence-electron chi connectivity index (χ4n) is 6.52. The lowest BCUT2D eigenvalue weighted by Crippen LogP contribution is -2.51. The lowest BCUT2D eigenvalue weighted by Gasteiger charge is -2.51. The first-order chi connectivity index (χ1) is 20.3. The van der Waals surface area contributed by atoms with Gasteiger partial charge in [-0.1, -0.05) is 67.0 Å². The SMILES string of the molecule is CCC1(C(C/C=C/[C@@H]2[C@@H](CCCc3ccc(C(=O)OC)s3)[C@@H](O)C[C@@H]2O[Si](C)(C)C(C)(C)C)O[Si](C)(C)C(C)(C)C)CCC1. The molecule has 1 heterocycles. The van der Waals surface area contributed by atoms with Crippen molar-refractivity contribution in [2.45, 2.75) is 161 Å². The van der Waals surface area contributed by atoms with Gasteiger partial charge in [0.1, 0.15) is 4.88 Å². The Kier molecular flexibility index (Phi) is 12.5. The highest BCUT2D eigenvalue weighted by Gasteiger charge is 2.49. The first-order valence-electron chi connectivity index (χ1n) is 17.1. The van der Waals surface area contributed by atoms with Crippen molar-refractivity contribution in [2.75, 3.05) is 7.11 Å². The zero-order chi connectivity index (χ0) is 33.1. The lowest BCUT2D eigenvalue weighted by molar-refractivity contribution is -0.0273. The van der Waals surface area contributed by atoms with E-state index < -0.39 is 16.6 Å². The van der Waals surface area contributed by atoms with Gasteiger partial charge >= 0.3 is 5.97 Å². The van der Waals surface area contributed by atoms with Gasteiger partial charge in [0.05, 0.1) is 25.4 Å². The van der Waals surface area contributed by atoms with Crippen molar-refractivity contribution in [1.82, 2.24) is 0 Å². The quantitative estimate of drug-likeness (QED) is 0.122. The molecule has 5 nitrogen and oxygen atoms in total. The smallest absolute Gasteiger partial charge is 0.348 e. The van der Waals surface area contributed by atoms with E-state index in [9.17, 15) is 9.90 Å². The highest BCUT2D eigenvalue weighted by Crippen LogP contribution is 2.52. The zero-order valence-electron chi connectivity index (χ0n) is 30.0. The number of aryl methyl sites for hydroxylation is 1. The predicted molar refractivity (Wildman–Crippen MR) is 191 cm³/mol. The summed E-state index contributed by atoms with van der Waals surface area (Å²) in [5, 5.41) is 11.7. The minimum Gasteiger partial charge on any atom is -0.465 e. The summed E-state index contributed by atoms with van der Waals surface area (Å²) in [6.07, 6.45) is 14.1. The maximum atomic E-state index is 11.9. The Balaban J connectivity index is 1.81. The molecule has 0 aromatic carbocycles. The second-order valence-electron chi connectivity index (χ2n) is 16.7. The fourth-order valence-corrected chi connectivity index (χ4v) is 10.3. The van der Waals surface area contributed by atoms with Crippen molar-refractivity contribution in [2.24, 2.45) is 17.3 Å². The largest absolute Gasteiger partial charge is 0.465 e. The zero-order valence-corrected chi connectivity index (χ0v) is 32.9. The number of carbonyl (C=O) groups excluding carboxylic acids is 1. The van der Waals surface area contributed by atoms with E-state index in [1.165, 1.54) is 49.0 Å². The molecule has 0 saturated heterocycles. The second-order valence-corrected chi connectivity index (χ2v) is 27.4. The van der Waals surface area contributed by atoms with E-state index in [1.54, 1.807) is 0 Å². The first-order valence-corrected chi connectivity index (χ1v) is 23.8. The number of thiophene rings is 1. The summed E-state index contributed by atoms with van der Waals surface area (Å²) in [5.74, 6) is 0.0658. The summed E-state index contributed by atoms with van der Waals surface area (Å²) in [6.45, 7) is 25.7. The van der Waals surface area contributed by atoms with Crippen LogP contribution in [-0.4, -0.2) is 53.1 Å². The van der Waals surface area contributed by atoms with Gasteiger partial charge in [-0.25, -0.2) is 4.79 Å². The number of aliphatic hydroxyl groups excluding tert-OH is 1. The van der Waals surface area contributed by atoms with Gasteiger partial charge in [0.2, 0.25) is 0 Å². The molecule has 2 saturated carbocycles. The third-order valence-electron chi connectivity index (χ3n) is 11.8. The standard InChI is InChI=1S/C36H64O5SSi2/c1-13-36(23-16-24-36)32(41-44(11,12)35(5,6)7)20-15-19-28-27(18-14-17-26-21-22-31(42-26)33(38)39-8)29(37)25-30(28)40-43(9,10)34(2,3)4/h15,19,21-22,27-30,32,37H,13-14,16-18,20,23-25H2,1-12H3/b19-15+/t27-,28-,29+,30+,32?/m1/s1. The Morgan fingerprint density at radius 1 is 1.09 bits per heavy atom. The molecule has 0 bridgehead atoms. The van der Waals surface area contributed by atoms with Crippen molar-refractivity contribution >= 4 is 33.9 Å². The molecule has 3 rings (SSSR count). The molecule has 1 N–H and O–H groups in total. The maximum absolute atomic E-state index is 11.9. The minimum absolute atomic E-state index is 0.0309. The number of hydrogen-bond donors (Lipinski definition) is 1. The van der Waals surface area contributed by atoms with E-state index >= 15 is 0 Å². The second kappa shape index (κ2) is 14.6. The van der Waals surface area contributed by atoms with Crippen LogP contribution in [0.5, 0.6) is 0 Å². The van der Waals surface area contributed by atoms with Crippen LogP contribution in [0.25, 0.3) is 0 Å². The molecular formula is C36H64O5SSi2. The lowest BCUT2D eigenvalue weighted by atomic mass is 9.63. The maximum Gasteiger partial charge on any atom is 0.348 e. The summed E-state index contributed by atoms with van der Waals surface area (Å²) >= 11 is 1.52. The molecule has 2 aliphatic carbocycles. The first kappa shape index (κ1) is 37.7. The molecule has 0 radical (unpaired) electrons. The van der Waals surface area contributed by atoms with E-state index in [-0.39, 0.29) is 51.6 Å². The van der Waals surface area contributed by atoms with Crippen molar-refractivity contribution in [3.05, 3.63) is 34.0 Å². The third kappa shape index (κ3) is 8.77. The molecule has 0 spiro atoms. The molecule has 1 aromatic heterocycles. The molecule has 0 amide bonds. The Hall–Kier alpha value is -0.776. The van der Waals surface area contributed by atoms with Crippen molar-refractivity contribution in [3.8, 4) is 0 Å². The van der Waals surface area contributed by atoms with Gasteiger partial charge in [-0.15, -0.1) is 11.3 Å². The Bertz CT molecular complexity index is 1100. The van der Waals surface area contributed by atoms with Crippen LogP contribution < -0.4 is 0 Å². The summed E-state index contributed by atoms with van der Waals surface area (Å²) in [7, 11) is -2.52. The number of hydrogen-bond acceptors (Lipinski definition) is 6. The van der Waals surface area contributed by atoms with Crippen LogP contribution in [-0.2, 0) is 20.0 Å². The molecule has 5 atom stereocenters. The third-order valence-corrected chi connectivity index (χ3v) is 22.0. The summed E-state index contributed by atoms with van der Waals surface area (Å²) < 4.78 is 19.1. The van der Waals surface area contributed by atoms with Gasteiger partial charge in [0.25, 0.3) is 0 Å². The fraction of sp³-hybridized carbons (Fsp3) is 0.806. The summed E-state index contributed by atoms with van der Waals surface area (Å²) in [5.41, 5.74) is 0.287. The van der Waals surface area contributed by atoms with Crippen LogP contribution >= 0.6 is 11.3 Å². The molecule has 0 aliphatic heterocycles. The molecule has 2 fully saturated rings. The van der Waals surface area contributed by atoms with Crippen molar-refractivity contribution < 1.29 is 23.5 Å². The van der Waals surface area contributed by atoms with Crippen LogP contribution in [0.4, 0.5) is 0 Å². The number of rotatable bonds is 14. The van der Waals surface area contributed by atoms with E-state index in [4.69, 9.17) is 13.6 Å². The van der Waals surface area contributed by atoms with E-state index in [2.05, 4.69) is 86.8 Å². The number of aliphatic hydroxyl groups is 1. The molecule has 1 unspecified atom stereocenters. The molecule has 8 heteroatoms. The van der Waals surface area contributed by atoms with Gasteiger partial charge in [0.15, 0.2) is 16.6 Å². The Labute approximate surface area is 275 Å². The van der Waals surface area contributed by atoms with Crippen molar-refractivity contribution in [3.63, 3.8) is 0 Å². The number of esters is 1. The Morgan fingerprint density at radius 2 is 1.73 bits per heavy atom. The molecule has 252 valence electrons. The van der Waals surface area contributed by atoms with Gasteiger partial charge < -0.3 is 18.7 Å². The monoisotopic (exact) mass is 664 g/mol. The highest BCUT2D eigenvalue weighted by atomic mass is 32.1. The van der Waals surface area contributed by atoms with Crippen LogP contribution in [0, 0.1) is 17.3 Å². The van der Waals surface area contributed by atoms with Crippen LogP contribution in [0.1, 0.15) is 114 Å². The van der Waals surface area contributed by atoms with E-state index in [1.807, 2.05) is 12.1 Å². The number of carbonyl (C=O) groups is 1. The molecule has 1 aromatic rings. The van der Waals surface area contributed by atoms with E-state index in [0.29, 0.717) is 11.3 Å². The molecular weight excluding hydrogens is 601 g/mol. The van der Waals surface area contributed by atoms with E-state index in [0.717, 1.165) is 25.7 Å². The molecule has 2 aliphatic rings. The van der Waals surface area contributed by atoms with Crippen LogP contribution in [0.15, 0.2) is 24.3 Å². The highest BCUT2D eigenvalue weighted by molar-refractivity contribution is 7.13. The van der Waals surface area contributed by atoms with Gasteiger partial charge in [0, 0.05) is 10.8 Å². The number of methoxy groups -OCH3 is 1. The molecule has 44 heavy (non-hydrogen) atoms. The minimum atomic E-state index is -2.02. The summed E-state index contributed by atoms with van der Waals surface area (Å²) in [6, 6.07) is 3.90. The average molecular weight is 665 g/mol. The average Bonchev–Trinajstić information content (AvgIpc) is 3.46. The van der Waals surface area contributed by atoms with Gasteiger partial charge in [-0.2, -0.15) is 0 Å². The predicted octanol–water partition coefficient (Wildman–Crippen LogP) is 10.2. The normalized spacial score (nSPS) is 25.3. The summed E-state index contributed by atoms with van der Waals surface area (Å²) in [4.78, 5) is 13.8.